The fourth-order valence-electron chi connectivity index (χ4n) is 4.63. The van der Waals surface area contributed by atoms with E-state index in [2.05, 4.69) is 10.6 Å². The average molecular weight is 652 g/mol. The smallest absolute Gasteiger partial charge is 0.341 e. The lowest BCUT2D eigenvalue weighted by atomic mass is 10.0. The van der Waals surface area contributed by atoms with Crippen molar-refractivity contribution >= 4 is 57.3 Å². The number of carbonyl (C=O) groups excluding carboxylic acids is 3. The molecule has 0 spiro atoms. The first-order valence-corrected chi connectivity index (χ1v) is 16.0. The van der Waals surface area contributed by atoms with E-state index in [4.69, 9.17) is 4.74 Å². The number of ether oxygens (including phenoxy) is 1. The van der Waals surface area contributed by atoms with Crippen molar-refractivity contribution in [2.24, 2.45) is 0 Å². The maximum Gasteiger partial charge on any atom is 0.341 e. The van der Waals surface area contributed by atoms with E-state index in [1.807, 2.05) is 73.0 Å². The van der Waals surface area contributed by atoms with E-state index in [0.29, 0.717) is 26.7 Å². The fourth-order valence-corrected chi connectivity index (χ4v) is 6.67. The van der Waals surface area contributed by atoms with Gasteiger partial charge in [-0.3, -0.25) is 19.7 Å². The van der Waals surface area contributed by atoms with E-state index in [1.54, 1.807) is 25.1 Å². The molecule has 0 radical (unpaired) electrons. The highest BCUT2D eigenvalue weighted by Crippen LogP contribution is 2.40. The molecule has 46 heavy (non-hydrogen) atoms. The van der Waals surface area contributed by atoms with Crippen molar-refractivity contribution in [1.29, 1.82) is 0 Å². The first kappa shape index (κ1) is 32.1. The lowest BCUT2D eigenvalue weighted by Gasteiger charge is -2.18. The number of benzene rings is 4. The number of nitrogens with zero attached hydrogens (tertiary/aromatic N) is 1. The molecule has 0 saturated heterocycles. The molecule has 4 aromatic carbocycles. The summed E-state index contributed by atoms with van der Waals surface area (Å²) in [6, 6.07) is 29.5. The van der Waals surface area contributed by atoms with Gasteiger partial charge >= 0.3 is 5.97 Å². The average Bonchev–Trinajstić information content (AvgIpc) is 3.48. The van der Waals surface area contributed by atoms with Crippen molar-refractivity contribution in [3.63, 3.8) is 0 Å². The molecule has 9 nitrogen and oxygen atoms in total. The van der Waals surface area contributed by atoms with Crippen molar-refractivity contribution < 1.29 is 24.0 Å². The minimum atomic E-state index is -0.719. The normalized spacial score (nSPS) is 11.3. The Morgan fingerprint density at radius 3 is 2.37 bits per heavy atom. The Morgan fingerprint density at radius 1 is 0.913 bits per heavy atom. The standard InChI is InChI=1S/C35H29N3O6S2/c1-3-44-35(41)30-29(23-17-15-22(2)16-18-23)21-45-34(30)37-33(40)31(24-9-5-4-6-10-24)46-28-14-8-12-26(20-28)36-32(39)25-11-7-13-27(19-25)38(42)43/h4-21,31H,3H2,1-2H3,(H,36,39)(H,37,40). The lowest BCUT2D eigenvalue weighted by Crippen LogP contribution is -2.20. The van der Waals surface area contributed by atoms with Gasteiger partial charge in [0.25, 0.3) is 11.6 Å². The predicted octanol–water partition coefficient (Wildman–Crippen LogP) is 8.53. The topological polar surface area (TPSA) is 128 Å². The van der Waals surface area contributed by atoms with E-state index in [0.717, 1.165) is 16.7 Å². The first-order valence-electron chi connectivity index (χ1n) is 14.3. The second kappa shape index (κ2) is 14.7. The van der Waals surface area contributed by atoms with Gasteiger partial charge in [0.15, 0.2) is 0 Å². The Labute approximate surface area is 273 Å². The SMILES string of the molecule is CCOC(=O)c1c(-c2ccc(C)cc2)csc1NC(=O)C(Sc1cccc(NC(=O)c2cccc([N+](=O)[O-])c2)c1)c1ccccc1. The summed E-state index contributed by atoms with van der Waals surface area (Å²) in [6.07, 6.45) is 0. The molecule has 2 N–H and O–H groups in total. The molecule has 1 atom stereocenters. The second-order valence-electron chi connectivity index (χ2n) is 10.1. The van der Waals surface area contributed by atoms with Crippen LogP contribution in [0.2, 0.25) is 0 Å². The minimum Gasteiger partial charge on any atom is -0.462 e. The third-order valence-corrected chi connectivity index (χ3v) is 9.02. The van der Waals surface area contributed by atoms with Gasteiger partial charge in [0, 0.05) is 39.2 Å². The van der Waals surface area contributed by atoms with Crippen LogP contribution in [0.5, 0.6) is 0 Å². The second-order valence-corrected chi connectivity index (χ2v) is 12.2. The van der Waals surface area contributed by atoms with Gasteiger partial charge in [-0.05, 0) is 49.2 Å². The molecule has 0 aliphatic heterocycles. The molecular weight excluding hydrogens is 623 g/mol. The van der Waals surface area contributed by atoms with Crippen LogP contribution >= 0.6 is 23.1 Å². The number of thioether (sulfide) groups is 1. The largest absolute Gasteiger partial charge is 0.462 e. The van der Waals surface area contributed by atoms with Crippen LogP contribution in [-0.4, -0.2) is 29.3 Å². The van der Waals surface area contributed by atoms with E-state index in [-0.39, 0.29) is 23.8 Å². The van der Waals surface area contributed by atoms with Gasteiger partial charge in [-0.2, -0.15) is 0 Å². The fraction of sp³-hybridized carbons (Fsp3) is 0.114. The maximum absolute atomic E-state index is 14.0. The Balaban J connectivity index is 1.41. The number of rotatable bonds is 11. The highest BCUT2D eigenvalue weighted by atomic mass is 32.2. The van der Waals surface area contributed by atoms with Crippen molar-refractivity contribution in [1.82, 2.24) is 0 Å². The number of nitro benzene ring substituents is 1. The molecule has 2 amide bonds. The maximum atomic E-state index is 14.0. The number of nitrogens with one attached hydrogen (secondary N) is 2. The molecule has 0 saturated carbocycles. The highest BCUT2D eigenvalue weighted by Gasteiger charge is 2.27. The molecule has 0 fully saturated rings. The monoisotopic (exact) mass is 651 g/mol. The van der Waals surface area contributed by atoms with Crippen molar-refractivity contribution in [2.75, 3.05) is 17.2 Å². The van der Waals surface area contributed by atoms with Crippen LogP contribution in [0.1, 0.15) is 44.0 Å². The number of hydrogen-bond acceptors (Lipinski definition) is 8. The van der Waals surface area contributed by atoms with E-state index < -0.39 is 22.0 Å². The van der Waals surface area contributed by atoms with Crippen molar-refractivity contribution in [2.45, 2.75) is 24.0 Å². The van der Waals surface area contributed by atoms with Gasteiger partial charge in [0.1, 0.15) is 15.8 Å². The molecule has 5 rings (SSSR count). The number of non-ortho nitro benzene ring substituents is 1. The van der Waals surface area contributed by atoms with E-state index in [9.17, 15) is 24.5 Å². The van der Waals surface area contributed by atoms with Crippen molar-refractivity contribution in [3.05, 3.63) is 141 Å². The number of carbonyl (C=O) groups is 3. The summed E-state index contributed by atoms with van der Waals surface area (Å²) >= 11 is 2.53. The van der Waals surface area contributed by atoms with Crippen LogP contribution in [0.25, 0.3) is 11.1 Å². The molecule has 1 aromatic heterocycles. The van der Waals surface area contributed by atoms with Gasteiger partial charge in [0.2, 0.25) is 5.91 Å². The number of nitro groups is 1. The van der Waals surface area contributed by atoms with Crippen LogP contribution in [0, 0.1) is 17.0 Å². The molecular formula is C35H29N3O6S2. The van der Waals surface area contributed by atoms with Gasteiger partial charge in [0.05, 0.1) is 11.5 Å². The molecule has 0 bridgehead atoms. The number of aryl methyl sites for hydroxylation is 1. The highest BCUT2D eigenvalue weighted by molar-refractivity contribution is 8.00. The lowest BCUT2D eigenvalue weighted by molar-refractivity contribution is -0.384. The quantitative estimate of drug-likeness (QED) is 0.0634. The van der Waals surface area contributed by atoms with Crippen LogP contribution in [0.3, 0.4) is 0 Å². The third-order valence-electron chi connectivity index (χ3n) is 6.88. The van der Waals surface area contributed by atoms with E-state index >= 15 is 0 Å². The first-order chi connectivity index (χ1) is 22.2. The number of thiophene rings is 1. The molecule has 232 valence electrons. The molecule has 0 aliphatic carbocycles. The zero-order valence-electron chi connectivity index (χ0n) is 24.9. The zero-order chi connectivity index (χ0) is 32.6. The minimum absolute atomic E-state index is 0.146. The summed E-state index contributed by atoms with van der Waals surface area (Å²) in [5, 5.41) is 18.4. The number of anilines is 2. The van der Waals surface area contributed by atoms with E-state index in [1.165, 1.54) is 47.4 Å². The van der Waals surface area contributed by atoms with Gasteiger partial charge in [-0.15, -0.1) is 23.1 Å². The Hall–Kier alpha value is -5.26. The Morgan fingerprint density at radius 2 is 1.65 bits per heavy atom. The summed E-state index contributed by atoms with van der Waals surface area (Å²) in [4.78, 5) is 51.3. The van der Waals surface area contributed by atoms with Crippen LogP contribution in [-0.2, 0) is 9.53 Å². The summed E-state index contributed by atoms with van der Waals surface area (Å²) in [7, 11) is 0. The van der Waals surface area contributed by atoms with Crippen LogP contribution in [0.4, 0.5) is 16.4 Å². The Kier molecular flexibility index (Phi) is 10.3. The number of esters is 1. The molecule has 0 aliphatic rings. The Bertz CT molecular complexity index is 1890. The van der Waals surface area contributed by atoms with Crippen molar-refractivity contribution in [3.8, 4) is 11.1 Å². The van der Waals surface area contributed by atoms with Gasteiger partial charge in [-0.1, -0.05) is 72.3 Å². The predicted molar refractivity (Wildman–Crippen MR) is 182 cm³/mol. The molecule has 11 heteroatoms. The summed E-state index contributed by atoms with van der Waals surface area (Å²) in [5.41, 5.74) is 4.05. The molecule has 5 aromatic rings. The number of hydrogen-bond donors (Lipinski definition) is 2. The zero-order valence-corrected chi connectivity index (χ0v) is 26.5. The van der Waals surface area contributed by atoms with Gasteiger partial charge < -0.3 is 15.4 Å². The number of amides is 2. The molecule has 1 unspecified atom stereocenters. The summed E-state index contributed by atoms with van der Waals surface area (Å²) in [5.74, 6) is -1.37. The van der Waals surface area contributed by atoms with Gasteiger partial charge in [-0.25, -0.2) is 4.79 Å². The summed E-state index contributed by atoms with van der Waals surface area (Å²) in [6.45, 7) is 3.90. The summed E-state index contributed by atoms with van der Waals surface area (Å²) < 4.78 is 5.37. The third kappa shape index (κ3) is 7.68. The van der Waals surface area contributed by atoms with Crippen LogP contribution in [0.15, 0.2) is 113 Å². The molecule has 1 heterocycles. The van der Waals surface area contributed by atoms with Crippen LogP contribution < -0.4 is 10.6 Å².